The Hall–Kier alpha value is -1.55. The van der Waals surface area contributed by atoms with Crippen molar-refractivity contribution in [2.75, 3.05) is 0 Å². The lowest BCUT2D eigenvalue weighted by molar-refractivity contribution is 1.06. The van der Waals surface area contributed by atoms with Crippen molar-refractivity contribution in [3.8, 4) is 11.4 Å². The van der Waals surface area contributed by atoms with E-state index < -0.39 is 0 Å². The van der Waals surface area contributed by atoms with Crippen LogP contribution in [-0.2, 0) is 0 Å². The molecule has 0 saturated heterocycles. The minimum absolute atomic E-state index is 0.415. The van der Waals surface area contributed by atoms with Gasteiger partial charge < -0.3 is 0 Å². The molecule has 0 unspecified atom stereocenters. The van der Waals surface area contributed by atoms with Gasteiger partial charge in [0.1, 0.15) is 10.2 Å². The molecule has 0 amide bonds. The third-order valence-electron chi connectivity index (χ3n) is 2.75. The zero-order chi connectivity index (χ0) is 14.7. The maximum atomic E-state index is 6.17. The molecule has 0 atom stereocenters. The minimum Gasteiger partial charge on any atom is -0.221 e. The molecule has 3 aromatic rings. The number of nitrogens with zero attached hydrogens (tertiary/aromatic N) is 2. The highest BCUT2D eigenvalue weighted by molar-refractivity contribution is 7.99. The van der Waals surface area contributed by atoms with Gasteiger partial charge in [-0.3, -0.25) is 0 Å². The average Bonchev–Trinajstić information content (AvgIpc) is 2.50. The summed E-state index contributed by atoms with van der Waals surface area (Å²) in [4.78, 5) is 9.76. The molecule has 2 nitrogen and oxygen atoms in total. The van der Waals surface area contributed by atoms with Crippen molar-refractivity contribution >= 4 is 35.0 Å². The topological polar surface area (TPSA) is 25.8 Å². The molecular weight excluding hydrogens is 323 g/mol. The third kappa shape index (κ3) is 3.56. The summed E-state index contributed by atoms with van der Waals surface area (Å²) in [7, 11) is 0. The first-order valence-electron chi connectivity index (χ1n) is 6.25. The molecule has 0 fully saturated rings. The van der Waals surface area contributed by atoms with E-state index in [1.165, 1.54) is 11.8 Å². The van der Waals surface area contributed by atoms with Crippen LogP contribution in [0.1, 0.15) is 0 Å². The Morgan fingerprint density at radius 2 is 1.52 bits per heavy atom. The summed E-state index contributed by atoms with van der Waals surface area (Å²) < 4.78 is 0. The zero-order valence-corrected chi connectivity index (χ0v) is 13.2. The van der Waals surface area contributed by atoms with Crippen molar-refractivity contribution in [3.63, 3.8) is 0 Å². The second kappa shape index (κ2) is 6.48. The number of aromatic nitrogens is 2. The van der Waals surface area contributed by atoms with Gasteiger partial charge in [0.05, 0.1) is 5.02 Å². The van der Waals surface area contributed by atoms with Crippen LogP contribution in [-0.4, -0.2) is 9.97 Å². The van der Waals surface area contributed by atoms with E-state index in [-0.39, 0.29) is 0 Å². The van der Waals surface area contributed by atoms with Crippen LogP contribution in [0.4, 0.5) is 0 Å². The fourth-order valence-electron chi connectivity index (χ4n) is 1.81. The molecule has 0 aliphatic rings. The first-order valence-corrected chi connectivity index (χ1v) is 7.82. The molecule has 0 spiro atoms. The first-order chi connectivity index (χ1) is 10.2. The van der Waals surface area contributed by atoms with Crippen LogP contribution < -0.4 is 0 Å². The fourth-order valence-corrected chi connectivity index (χ4v) is 3.15. The largest absolute Gasteiger partial charge is 0.221 e. The summed E-state index contributed by atoms with van der Waals surface area (Å²) in [6.45, 7) is 0. The van der Waals surface area contributed by atoms with Crippen molar-refractivity contribution < 1.29 is 0 Å². The van der Waals surface area contributed by atoms with E-state index in [2.05, 4.69) is 9.97 Å². The molecule has 0 aliphatic carbocycles. The monoisotopic (exact) mass is 332 g/mol. The standard InChI is InChI=1S/C16H10Cl2N2S/c17-12-8-4-5-9-13(12)21-15-10-14(18)19-16(20-15)11-6-2-1-3-7-11/h1-10H. The Kier molecular flexibility index (Phi) is 4.44. The number of halogens is 2. The SMILES string of the molecule is Clc1cc(Sc2ccccc2Cl)nc(-c2ccccc2)n1. The van der Waals surface area contributed by atoms with E-state index in [9.17, 15) is 0 Å². The number of rotatable bonds is 3. The highest BCUT2D eigenvalue weighted by atomic mass is 35.5. The first kappa shape index (κ1) is 14.4. The number of hydrogen-bond acceptors (Lipinski definition) is 3. The molecule has 3 rings (SSSR count). The van der Waals surface area contributed by atoms with Crippen LogP contribution in [0.15, 0.2) is 70.6 Å². The van der Waals surface area contributed by atoms with Crippen LogP contribution in [0, 0.1) is 0 Å². The Balaban J connectivity index is 1.97. The Morgan fingerprint density at radius 1 is 0.810 bits per heavy atom. The van der Waals surface area contributed by atoms with Gasteiger partial charge in [-0.2, -0.15) is 0 Å². The predicted octanol–water partition coefficient (Wildman–Crippen LogP) is 5.60. The van der Waals surface area contributed by atoms with Gasteiger partial charge in [0.2, 0.25) is 0 Å². The predicted molar refractivity (Wildman–Crippen MR) is 88.1 cm³/mol. The van der Waals surface area contributed by atoms with Gasteiger partial charge in [0.15, 0.2) is 5.82 Å². The summed E-state index contributed by atoms with van der Waals surface area (Å²) in [5.74, 6) is 0.609. The number of benzene rings is 2. The van der Waals surface area contributed by atoms with Crippen LogP contribution in [0.3, 0.4) is 0 Å². The zero-order valence-electron chi connectivity index (χ0n) is 10.8. The van der Waals surface area contributed by atoms with Crippen molar-refractivity contribution in [2.24, 2.45) is 0 Å². The second-order valence-corrected chi connectivity index (χ2v) is 6.11. The van der Waals surface area contributed by atoms with Crippen molar-refractivity contribution in [1.82, 2.24) is 9.97 Å². The van der Waals surface area contributed by atoms with Gasteiger partial charge in [0, 0.05) is 16.5 Å². The van der Waals surface area contributed by atoms with E-state index in [0.717, 1.165) is 15.5 Å². The lowest BCUT2D eigenvalue weighted by atomic mass is 10.2. The second-order valence-electron chi connectivity index (χ2n) is 4.25. The van der Waals surface area contributed by atoms with Crippen molar-refractivity contribution in [1.29, 1.82) is 0 Å². The third-order valence-corrected chi connectivity index (χ3v) is 4.38. The molecule has 1 heterocycles. The van der Waals surface area contributed by atoms with Gasteiger partial charge in [0.25, 0.3) is 0 Å². The molecule has 0 N–H and O–H groups in total. The summed E-state index contributed by atoms with van der Waals surface area (Å²) in [6.07, 6.45) is 0. The quantitative estimate of drug-likeness (QED) is 0.583. The van der Waals surface area contributed by atoms with Gasteiger partial charge in [-0.1, -0.05) is 77.4 Å². The molecule has 0 saturated carbocycles. The highest BCUT2D eigenvalue weighted by Gasteiger charge is 2.08. The normalized spacial score (nSPS) is 10.6. The van der Waals surface area contributed by atoms with E-state index in [1.54, 1.807) is 6.07 Å². The molecule has 104 valence electrons. The van der Waals surface area contributed by atoms with E-state index in [0.29, 0.717) is 16.0 Å². The van der Waals surface area contributed by atoms with E-state index >= 15 is 0 Å². The molecule has 2 aromatic carbocycles. The number of hydrogen-bond donors (Lipinski definition) is 0. The molecule has 1 aromatic heterocycles. The van der Waals surface area contributed by atoms with Crippen LogP contribution >= 0.6 is 35.0 Å². The fraction of sp³-hybridized carbons (Fsp3) is 0. The molecular formula is C16H10Cl2N2S. The Morgan fingerprint density at radius 3 is 2.29 bits per heavy atom. The van der Waals surface area contributed by atoms with Crippen molar-refractivity contribution in [2.45, 2.75) is 9.92 Å². The minimum atomic E-state index is 0.415. The average molecular weight is 333 g/mol. The Labute approximate surface area is 137 Å². The summed E-state index contributed by atoms with van der Waals surface area (Å²) >= 11 is 13.8. The smallest absolute Gasteiger partial charge is 0.162 e. The van der Waals surface area contributed by atoms with Gasteiger partial charge in [-0.25, -0.2) is 9.97 Å². The summed E-state index contributed by atoms with van der Waals surface area (Å²) in [5, 5.41) is 1.87. The van der Waals surface area contributed by atoms with Crippen LogP contribution in [0.5, 0.6) is 0 Å². The van der Waals surface area contributed by atoms with Gasteiger partial charge >= 0.3 is 0 Å². The van der Waals surface area contributed by atoms with Gasteiger partial charge in [-0.05, 0) is 12.1 Å². The molecule has 21 heavy (non-hydrogen) atoms. The van der Waals surface area contributed by atoms with E-state index in [4.69, 9.17) is 23.2 Å². The van der Waals surface area contributed by atoms with E-state index in [1.807, 2.05) is 54.6 Å². The summed E-state index contributed by atoms with van der Waals surface area (Å²) in [5.41, 5.74) is 0.931. The summed E-state index contributed by atoms with van der Waals surface area (Å²) in [6, 6.07) is 19.1. The Bertz CT molecular complexity index is 763. The van der Waals surface area contributed by atoms with Crippen LogP contribution in [0.2, 0.25) is 10.2 Å². The highest BCUT2D eigenvalue weighted by Crippen LogP contribution is 2.33. The van der Waals surface area contributed by atoms with Crippen molar-refractivity contribution in [3.05, 3.63) is 70.8 Å². The molecule has 0 radical (unpaired) electrons. The molecule has 5 heteroatoms. The van der Waals surface area contributed by atoms with Gasteiger partial charge in [-0.15, -0.1) is 0 Å². The lowest BCUT2D eigenvalue weighted by Crippen LogP contribution is -1.91. The molecule has 0 bridgehead atoms. The maximum absolute atomic E-state index is 6.17. The van der Waals surface area contributed by atoms with Crippen LogP contribution in [0.25, 0.3) is 11.4 Å². The maximum Gasteiger partial charge on any atom is 0.162 e. The molecule has 0 aliphatic heterocycles. The lowest BCUT2D eigenvalue weighted by Gasteiger charge is -2.06.